The standard InChI is InChI=1S/C11H13F2NO3S/c1-6-4-17-11-3-10(13)9(12)2-7(11)8(6)5-18(14,15)16/h2-3,6,8H,4-5H2,1H3,(H2,14,15,16)/t6-,8-/m0/s1. The molecule has 2 atom stereocenters. The molecule has 0 saturated heterocycles. The highest BCUT2D eigenvalue weighted by Gasteiger charge is 2.32. The van der Waals surface area contributed by atoms with Crippen molar-refractivity contribution in [3.63, 3.8) is 0 Å². The topological polar surface area (TPSA) is 69.4 Å². The van der Waals surface area contributed by atoms with Crippen molar-refractivity contribution in [1.82, 2.24) is 0 Å². The third kappa shape index (κ3) is 2.62. The van der Waals surface area contributed by atoms with Gasteiger partial charge in [0.1, 0.15) is 5.75 Å². The highest BCUT2D eigenvalue weighted by Crippen LogP contribution is 2.38. The van der Waals surface area contributed by atoms with Gasteiger partial charge in [-0.25, -0.2) is 22.3 Å². The number of fused-ring (bicyclic) bond motifs is 1. The molecule has 0 bridgehead atoms. The van der Waals surface area contributed by atoms with Crippen LogP contribution in [0.25, 0.3) is 0 Å². The molecule has 4 nitrogen and oxygen atoms in total. The van der Waals surface area contributed by atoms with Crippen LogP contribution in [0, 0.1) is 17.6 Å². The van der Waals surface area contributed by atoms with Crippen molar-refractivity contribution in [3.05, 3.63) is 29.3 Å². The van der Waals surface area contributed by atoms with E-state index in [2.05, 4.69) is 0 Å². The molecule has 2 N–H and O–H groups in total. The molecule has 0 fully saturated rings. The van der Waals surface area contributed by atoms with E-state index in [9.17, 15) is 17.2 Å². The third-order valence-corrected chi connectivity index (χ3v) is 3.88. The molecular formula is C11H13F2NO3S. The third-order valence-electron chi connectivity index (χ3n) is 3.05. The molecule has 1 aliphatic rings. The van der Waals surface area contributed by atoms with Gasteiger partial charge in [0.25, 0.3) is 0 Å². The van der Waals surface area contributed by atoms with Gasteiger partial charge in [0.2, 0.25) is 10.0 Å². The van der Waals surface area contributed by atoms with Crippen molar-refractivity contribution in [1.29, 1.82) is 0 Å². The highest BCUT2D eigenvalue weighted by atomic mass is 32.2. The van der Waals surface area contributed by atoms with Crippen molar-refractivity contribution < 1.29 is 21.9 Å². The average molecular weight is 277 g/mol. The smallest absolute Gasteiger partial charge is 0.209 e. The molecule has 0 saturated carbocycles. The first-order valence-electron chi connectivity index (χ1n) is 5.40. The minimum Gasteiger partial charge on any atom is -0.493 e. The van der Waals surface area contributed by atoms with E-state index < -0.39 is 27.6 Å². The number of rotatable bonds is 2. The monoisotopic (exact) mass is 277 g/mol. The molecule has 1 aromatic rings. The molecule has 1 aliphatic heterocycles. The second kappa shape index (κ2) is 4.47. The summed E-state index contributed by atoms with van der Waals surface area (Å²) in [6, 6.07) is 1.92. The maximum atomic E-state index is 13.2. The number of halogens is 2. The number of ether oxygens (including phenoxy) is 1. The maximum absolute atomic E-state index is 13.2. The summed E-state index contributed by atoms with van der Waals surface area (Å²) in [4.78, 5) is 0. The van der Waals surface area contributed by atoms with E-state index in [1.807, 2.05) is 0 Å². The first-order valence-corrected chi connectivity index (χ1v) is 7.11. The number of hydrogen-bond acceptors (Lipinski definition) is 3. The summed E-state index contributed by atoms with van der Waals surface area (Å²) in [6.07, 6.45) is 0. The Balaban J connectivity index is 2.47. The van der Waals surface area contributed by atoms with Crippen LogP contribution >= 0.6 is 0 Å². The zero-order valence-corrected chi connectivity index (χ0v) is 10.5. The summed E-state index contributed by atoms with van der Waals surface area (Å²) in [5.74, 6) is -2.79. The van der Waals surface area contributed by atoms with Gasteiger partial charge in [0.05, 0.1) is 12.4 Å². The van der Waals surface area contributed by atoms with Gasteiger partial charge in [-0.15, -0.1) is 0 Å². The van der Waals surface area contributed by atoms with Crippen molar-refractivity contribution >= 4 is 10.0 Å². The Morgan fingerprint density at radius 3 is 2.61 bits per heavy atom. The van der Waals surface area contributed by atoms with E-state index in [1.165, 1.54) is 0 Å². The van der Waals surface area contributed by atoms with Gasteiger partial charge in [-0.3, -0.25) is 0 Å². The summed E-state index contributed by atoms with van der Waals surface area (Å²) in [7, 11) is -3.69. The van der Waals surface area contributed by atoms with E-state index in [-0.39, 0.29) is 24.0 Å². The number of primary sulfonamides is 1. The molecule has 0 aliphatic carbocycles. The summed E-state index contributed by atoms with van der Waals surface area (Å²) in [5.41, 5.74) is 0.349. The van der Waals surface area contributed by atoms with E-state index in [0.29, 0.717) is 5.56 Å². The Bertz CT molecular complexity index is 574. The Morgan fingerprint density at radius 2 is 2.00 bits per heavy atom. The van der Waals surface area contributed by atoms with Crippen LogP contribution in [0.15, 0.2) is 12.1 Å². The average Bonchev–Trinajstić information content (AvgIpc) is 2.24. The fourth-order valence-electron chi connectivity index (χ4n) is 2.11. The second-order valence-electron chi connectivity index (χ2n) is 4.53. The van der Waals surface area contributed by atoms with Crippen LogP contribution in [0.4, 0.5) is 8.78 Å². The predicted octanol–water partition coefficient (Wildman–Crippen LogP) is 1.37. The van der Waals surface area contributed by atoms with E-state index in [0.717, 1.165) is 12.1 Å². The van der Waals surface area contributed by atoms with Crippen LogP contribution in [0.3, 0.4) is 0 Å². The molecule has 100 valence electrons. The fourth-order valence-corrected chi connectivity index (χ4v) is 3.12. The van der Waals surface area contributed by atoms with Gasteiger partial charge >= 0.3 is 0 Å². The summed E-state index contributed by atoms with van der Waals surface area (Å²) in [5, 5.41) is 5.02. The van der Waals surface area contributed by atoms with Crippen LogP contribution in [-0.2, 0) is 10.0 Å². The lowest BCUT2D eigenvalue weighted by molar-refractivity contribution is 0.210. The molecule has 2 rings (SSSR count). The number of hydrogen-bond donors (Lipinski definition) is 1. The lowest BCUT2D eigenvalue weighted by Gasteiger charge is -2.31. The maximum Gasteiger partial charge on any atom is 0.209 e. The van der Waals surface area contributed by atoms with Gasteiger partial charge < -0.3 is 4.74 Å². The van der Waals surface area contributed by atoms with Gasteiger partial charge in [-0.05, 0) is 12.0 Å². The predicted molar refractivity (Wildman–Crippen MR) is 61.7 cm³/mol. The zero-order valence-electron chi connectivity index (χ0n) is 9.69. The summed E-state index contributed by atoms with van der Waals surface area (Å²) >= 11 is 0. The highest BCUT2D eigenvalue weighted by molar-refractivity contribution is 7.89. The Morgan fingerprint density at radius 1 is 1.39 bits per heavy atom. The molecule has 0 unspecified atom stereocenters. The molecule has 0 aromatic heterocycles. The molecule has 0 amide bonds. The molecule has 0 radical (unpaired) electrons. The summed E-state index contributed by atoms with van der Waals surface area (Å²) < 4.78 is 53.9. The SMILES string of the molecule is C[C@H]1COc2cc(F)c(F)cc2[C@H]1CS(N)(=O)=O. The van der Waals surface area contributed by atoms with E-state index in [4.69, 9.17) is 9.88 Å². The van der Waals surface area contributed by atoms with Gasteiger partial charge in [-0.1, -0.05) is 6.92 Å². The lowest BCUT2D eigenvalue weighted by Crippen LogP contribution is -2.31. The van der Waals surface area contributed by atoms with Crippen molar-refractivity contribution in [3.8, 4) is 5.75 Å². The fraction of sp³-hybridized carbons (Fsp3) is 0.455. The van der Waals surface area contributed by atoms with Crippen molar-refractivity contribution in [2.24, 2.45) is 11.1 Å². The van der Waals surface area contributed by atoms with Gasteiger partial charge in [0.15, 0.2) is 11.6 Å². The normalized spacial score (nSPS) is 23.3. The number of nitrogens with two attached hydrogens (primary N) is 1. The molecule has 18 heavy (non-hydrogen) atoms. The minimum atomic E-state index is -3.69. The summed E-state index contributed by atoms with van der Waals surface area (Å²) in [6.45, 7) is 2.03. The van der Waals surface area contributed by atoms with Crippen LogP contribution in [0.1, 0.15) is 18.4 Å². The molecule has 1 heterocycles. The van der Waals surface area contributed by atoms with Crippen LogP contribution in [0.5, 0.6) is 5.75 Å². The number of sulfonamides is 1. The van der Waals surface area contributed by atoms with Crippen LogP contribution in [0.2, 0.25) is 0 Å². The lowest BCUT2D eigenvalue weighted by atomic mass is 9.86. The van der Waals surface area contributed by atoms with Crippen molar-refractivity contribution in [2.75, 3.05) is 12.4 Å². The minimum absolute atomic E-state index is 0.138. The number of benzene rings is 1. The second-order valence-corrected chi connectivity index (χ2v) is 6.19. The van der Waals surface area contributed by atoms with Crippen LogP contribution in [-0.4, -0.2) is 20.8 Å². The zero-order chi connectivity index (χ0) is 13.5. The van der Waals surface area contributed by atoms with Gasteiger partial charge in [-0.2, -0.15) is 0 Å². The van der Waals surface area contributed by atoms with Crippen molar-refractivity contribution in [2.45, 2.75) is 12.8 Å². The van der Waals surface area contributed by atoms with Crippen LogP contribution < -0.4 is 9.88 Å². The van der Waals surface area contributed by atoms with E-state index in [1.54, 1.807) is 6.92 Å². The molecule has 1 aromatic carbocycles. The Labute approximate surface area is 104 Å². The molecule has 0 spiro atoms. The molecular weight excluding hydrogens is 264 g/mol. The van der Waals surface area contributed by atoms with Gasteiger partial charge in [0, 0.05) is 17.5 Å². The first kappa shape index (κ1) is 13.2. The molecule has 7 heteroatoms. The quantitative estimate of drug-likeness (QED) is 0.887. The first-order chi connectivity index (χ1) is 8.28. The Hall–Kier alpha value is -1.21. The van der Waals surface area contributed by atoms with E-state index >= 15 is 0 Å². The Kier molecular flexibility index (Phi) is 3.29. The largest absolute Gasteiger partial charge is 0.493 e.